The maximum absolute atomic E-state index is 11.1. The standard InChI is InChI=1S/C11H18N2O3/c1-4-5-10(9(2)3)13-16-8-11(15)12-6-7-14/h9,14H,6-8H2,1-3H3,(H,12,15)/b13-10+. The molecule has 0 saturated heterocycles. The van der Waals surface area contributed by atoms with Crippen LogP contribution in [0.25, 0.3) is 0 Å². The Kier molecular flexibility index (Phi) is 7.90. The molecule has 0 aromatic carbocycles. The molecule has 0 saturated carbocycles. The molecular weight excluding hydrogens is 208 g/mol. The molecule has 0 aliphatic carbocycles. The summed E-state index contributed by atoms with van der Waals surface area (Å²) in [6, 6.07) is 0. The van der Waals surface area contributed by atoms with E-state index < -0.39 is 0 Å². The van der Waals surface area contributed by atoms with Crippen LogP contribution in [-0.2, 0) is 9.63 Å². The SMILES string of the molecule is CC#C/C(=N\OCC(=O)NCCO)C(C)C. The molecule has 16 heavy (non-hydrogen) atoms. The summed E-state index contributed by atoms with van der Waals surface area (Å²) in [6.07, 6.45) is 0. The third kappa shape index (κ3) is 6.85. The van der Waals surface area contributed by atoms with Crippen molar-refractivity contribution < 1.29 is 14.7 Å². The van der Waals surface area contributed by atoms with E-state index in [1.54, 1.807) is 6.92 Å². The molecule has 2 N–H and O–H groups in total. The van der Waals surface area contributed by atoms with Crippen LogP contribution in [0, 0.1) is 17.8 Å². The molecule has 0 aliphatic heterocycles. The lowest BCUT2D eigenvalue weighted by atomic mass is 10.1. The lowest BCUT2D eigenvalue weighted by Crippen LogP contribution is -2.29. The Morgan fingerprint density at radius 3 is 2.75 bits per heavy atom. The minimum absolute atomic E-state index is 0.0897. The van der Waals surface area contributed by atoms with E-state index in [4.69, 9.17) is 9.94 Å². The van der Waals surface area contributed by atoms with E-state index in [1.807, 2.05) is 13.8 Å². The number of aliphatic hydroxyl groups is 1. The Morgan fingerprint density at radius 2 is 2.25 bits per heavy atom. The Hall–Kier alpha value is -1.54. The summed E-state index contributed by atoms with van der Waals surface area (Å²) in [5.41, 5.74) is 0.609. The van der Waals surface area contributed by atoms with E-state index in [9.17, 15) is 4.79 Å². The van der Waals surface area contributed by atoms with Crippen molar-refractivity contribution in [3.8, 4) is 11.8 Å². The van der Waals surface area contributed by atoms with Crippen LogP contribution in [0.4, 0.5) is 0 Å². The van der Waals surface area contributed by atoms with Gasteiger partial charge in [-0.15, -0.1) is 0 Å². The first kappa shape index (κ1) is 14.5. The molecule has 0 atom stereocenters. The number of oxime groups is 1. The first-order valence-corrected chi connectivity index (χ1v) is 5.12. The van der Waals surface area contributed by atoms with E-state index in [0.717, 1.165) is 0 Å². The van der Waals surface area contributed by atoms with Crippen molar-refractivity contribution in [2.75, 3.05) is 19.8 Å². The van der Waals surface area contributed by atoms with Gasteiger partial charge in [0.1, 0.15) is 5.71 Å². The molecule has 0 unspecified atom stereocenters. The van der Waals surface area contributed by atoms with E-state index in [1.165, 1.54) is 0 Å². The third-order valence-electron chi connectivity index (χ3n) is 1.59. The van der Waals surface area contributed by atoms with Crippen LogP contribution in [0.3, 0.4) is 0 Å². The highest BCUT2D eigenvalue weighted by Crippen LogP contribution is 1.96. The summed E-state index contributed by atoms with van der Waals surface area (Å²) in [7, 11) is 0. The number of carbonyl (C=O) groups excluding carboxylic acids is 1. The predicted octanol–water partition coefficient (Wildman–Crippen LogP) is 0.147. The number of amides is 1. The van der Waals surface area contributed by atoms with E-state index >= 15 is 0 Å². The van der Waals surface area contributed by atoms with Gasteiger partial charge in [0.05, 0.1) is 6.61 Å². The van der Waals surface area contributed by atoms with Gasteiger partial charge in [-0.05, 0) is 12.8 Å². The molecule has 0 aliphatic rings. The fourth-order valence-corrected chi connectivity index (χ4v) is 0.807. The molecule has 0 spiro atoms. The highest BCUT2D eigenvalue weighted by Gasteiger charge is 2.04. The maximum Gasteiger partial charge on any atom is 0.260 e. The second kappa shape index (κ2) is 8.74. The van der Waals surface area contributed by atoms with Crippen LogP contribution in [0.15, 0.2) is 5.16 Å². The van der Waals surface area contributed by atoms with Crippen molar-refractivity contribution in [1.29, 1.82) is 0 Å². The maximum atomic E-state index is 11.1. The zero-order valence-corrected chi connectivity index (χ0v) is 9.91. The Labute approximate surface area is 95.9 Å². The topological polar surface area (TPSA) is 70.9 Å². The smallest absolute Gasteiger partial charge is 0.260 e. The Bertz CT molecular complexity index is 300. The van der Waals surface area contributed by atoms with E-state index in [0.29, 0.717) is 5.71 Å². The monoisotopic (exact) mass is 226 g/mol. The molecule has 0 heterocycles. The number of nitrogens with zero attached hydrogens (tertiary/aromatic N) is 1. The van der Waals surface area contributed by atoms with Gasteiger partial charge in [-0.25, -0.2) is 0 Å². The zero-order chi connectivity index (χ0) is 12.4. The average Bonchev–Trinajstić information content (AvgIpc) is 2.25. The van der Waals surface area contributed by atoms with Gasteiger partial charge in [0, 0.05) is 12.5 Å². The van der Waals surface area contributed by atoms with Crippen molar-refractivity contribution in [2.45, 2.75) is 20.8 Å². The fraction of sp³-hybridized carbons (Fsp3) is 0.636. The fourth-order valence-electron chi connectivity index (χ4n) is 0.807. The van der Waals surface area contributed by atoms with Gasteiger partial charge >= 0.3 is 0 Å². The average molecular weight is 226 g/mol. The second-order valence-electron chi connectivity index (χ2n) is 3.35. The van der Waals surface area contributed by atoms with Crippen molar-refractivity contribution >= 4 is 11.6 Å². The summed E-state index contributed by atoms with van der Waals surface area (Å²) in [5, 5.41) is 14.7. The normalized spacial score (nSPS) is 10.7. The van der Waals surface area contributed by atoms with E-state index in [-0.39, 0.29) is 31.6 Å². The molecule has 5 heteroatoms. The molecule has 0 radical (unpaired) electrons. The quantitative estimate of drug-likeness (QED) is 0.384. The van der Waals surface area contributed by atoms with Crippen LogP contribution in [0.2, 0.25) is 0 Å². The van der Waals surface area contributed by atoms with Crippen LogP contribution in [0.1, 0.15) is 20.8 Å². The van der Waals surface area contributed by atoms with Gasteiger partial charge in [-0.2, -0.15) is 0 Å². The van der Waals surface area contributed by atoms with E-state index in [2.05, 4.69) is 22.3 Å². The summed E-state index contributed by atoms with van der Waals surface area (Å²) >= 11 is 0. The van der Waals surface area contributed by atoms with Gasteiger partial charge in [0.25, 0.3) is 5.91 Å². The number of hydrogen-bond donors (Lipinski definition) is 2. The molecule has 90 valence electrons. The summed E-state index contributed by atoms with van der Waals surface area (Å²) in [4.78, 5) is 15.9. The molecule has 0 bridgehead atoms. The number of nitrogens with one attached hydrogen (secondary N) is 1. The predicted molar refractivity (Wildman–Crippen MR) is 61.8 cm³/mol. The molecule has 1 amide bonds. The third-order valence-corrected chi connectivity index (χ3v) is 1.59. The molecular formula is C11H18N2O3. The van der Waals surface area contributed by atoms with Crippen LogP contribution >= 0.6 is 0 Å². The van der Waals surface area contributed by atoms with Gasteiger partial charge < -0.3 is 15.3 Å². The first-order valence-electron chi connectivity index (χ1n) is 5.12. The molecule has 0 aromatic rings. The summed E-state index contributed by atoms with van der Waals surface area (Å²) in [6.45, 7) is 5.56. The van der Waals surface area contributed by atoms with Crippen LogP contribution in [-0.4, -0.2) is 36.5 Å². The number of carbonyl (C=O) groups is 1. The highest BCUT2D eigenvalue weighted by atomic mass is 16.6. The molecule has 0 aromatic heterocycles. The van der Waals surface area contributed by atoms with Gasteiger partial charge in [0.2, 0.25) is 0 Å². The molecule has 5 nitrogen and oxygen atoms in total. The molecule has 0 rings (SSSR count). The van der Waals surface area contributed by atoms with Gasteiger partial charge in [-0.3, -0.25) is 4.79 Å². The lowest BCUT2D eigenvalue weighted by Gasteiger charge is -2.04. The van der Waals surface area contributed by atoms with Crippen molar-refractivity contribution in [3.63, 3.8) is 0 Å². The zero-order valence-electron chi connectivity index (χ0n) is 9.91. The largest absolute Gasteiger partial charge is 0.395 e. The van der Waals surface area contributed by atoms with Crippen molar-refractivity contribution in [2.24, 2.45) is 11.1 Å². The first-order chi connectivity index (χ1) is 7.61. The Morgan fingerprint density at radius 1 is 1.56 bits per heavy atom. The highest BCUT2D eigenvalue weighted by molar-refractivity contribution is 6.01. The number of rotatable bonds is 6. The number of aliphatic hydroxyl groups excluding tert-OH is 1. The van der Waals surface area contributed by atoms with Gasteiger partial charge in [-0.1, -0.05) is 24.9 Å². The summed E-state index contributed by atoms with van der Waals surface area (Å²) in [5.74, 6) is 5.38. The van der Waals surface area contributed by atoms with Crippen LogP contribution in [0.5, 0.6) is 0 Å². The second-order valence-corrected chi connectivity index (χ2v) is 3.35. The molecule has 0 fully saturated rings. The number of hydrogen-bond acceptors (Lipinski definition) is 4. The van der Waals surface area contributed by atoms with Crippen molar-refractivity contribution in [1.82, 2.24) is 5.32 Å². The van der Waals surface area contributed by atoms with Gasteiger partial charge in [0.15, 0.2) is 6.61 Å². The van der Waals surface area contributed by atoms with Crippen molar-refractivity contribution in [3.05, 3.63) is 0 Å². The lowest BCUT2D eigenvalue weighted by molar-refractivity contribution is -0.125. The minimum atomic E-state index is -0.314. The minimum Gasteiger partial charge on any atom is -0.395 e. The van der Waals surface area contributed by atoms with Crippen LogP contribution < -0.4 is 5.32 Å². The Balaban J connectivity index is 4.03. The summed E-state index contributed by atoms with van der Waals surface area (Å²) < 4.78 is 0.